The van der Waals surface area contributed by atoms with E-state index in [-0.39, 0.29) is 11.2 Å². The first kappa shape index (κ1) is 14.4. The Kier molecular flexibility index (Phi) is 4.48. The third kappa shape index (κ3) is 3.28. The number of benzene rings is 1. The van der Waals surface area contributed by atoms with Crippen molar-refractivity contribution in [1.29, 1.82) is 0 Å². The summed E-state index contributed by atoms with van der Waals surface area (Å²) in [6.45, 7) is 0.603. The summed E-state index contributed by atoms with van der Waals surface area (Å²) in [5, 5.41) is 0.626. The topological polar surface area (TPSA) is 52.3 Å². The Bertz CT molecular complexity index is 464. The van der Waals surface area contributed by atoms with Gasteiger partial charge in [0.2, 0.25) is 0 Å². The summed E-state index contributed by atoms with van der Waals surface area (Å²) in [4.78, 5) is 12.2. The van der Waals surface area contributed by atoms with Gasteiger partial charge in [0.15, 0.2) is 0 Å². The van der Waals surface area contributed by atoms with E-state index in [0.29, 0.717) is 30.2 Å². The number of nitrogens with two attached hydrogens (primary N) is 1. The molecule has 1 fully saturated rings. The van der Waals surface area contributed by atoms with Crippen LogP contribution in [0.15, 0.2) is 18.2 Å². The zero-order valence-electron chi connectivity index (χ0n) is 11.2. The number of halogens is 1. The number of methoxy groups -OCH3 is 1. The fourth-order valence-corrected chi connectivity index (χ4v) is 2.90. The average Bonchev–Trinajstić information content (AvgIpc) is 2.34. The van der Waals surface area contributed by atoms with Crippen molar-refractivity contribution in [2.24, 2.45) is 11.1 Å². The maximum absolute atomic E-state index is 12.2. The minimum absolute atomic E-state index is 0.0584. The summed E-state index contributed by atoms with van der Waals surface area (Å²) in [6.07, 6.45) is 4.26. The number of rotatable bonds is 6. The Morgan fingerprint density at radius 2 is 2.21 bits per heavy atom. The lowest BCUT2D eigenvalue weighted by Gasteiger charge is -2.40. The summed E-state index contributed by atoms with van der Waals surface area (Å²) < 4.78 is 5.26. The van der Waals surface area contributed by atoms with Crippen LogP contribution in [-0.2, 0) is 11.2 Å². The van der Waals surface area contributed by atoms with Gasteiger partial charge in [-0.05, 0) is 43.0 Å². The normalized spacial score (nSPS) is 16.8. The van der Waals surface area contributed by atoms with E-state index >= 15 is 0 Å². The van der Waals surface area contributed by atoms with Crippen LogP contribution in [0.2, 0.25) is 5.02 Å². The van der Waals surface area contributed by atoms with Crippen LogP contribution < -0.4 is 10.5 Å². The molecule has 3 nitrogen and oxygen atoms in total. The van der Waals surface area contributed by atoms with Crippen molar-refractivity contribution >= 4 is 17.4 Å². The minimum Gasteiger partial charge on any atom is -0.496 e. The van der Waals surface area contributed by atoms with Gasteiger partial charge in [0.25, 0.3) is 0 Å². The van der Waals surface area contributed by atoms with Gasteiger partial charge in [-0.15, -0.1) is 0 Å². The average molecular weight is 282 g/mol. The van der Waals surface area contributed by atoms with E-state index < -0.39 is 0 Å². The highest BCUT2D eigenvalue weighted by molar-refractivity contribution is 6.30. The fraction of sp³-hybridized carbons (Fsp3) is 0.533. The third-order valence-electron chi connectivity index (χ3n) is 4.05. The van der Waals surface area contributed by atoms with E-state index in [4.69, 9.17) is 22.1 Å². The number of Topliss-reactive ketones (excluding diaryl/α,β-unsaturated/α-hetero) is 1. The molecule has 1 saturated carbocycles. The molecule has 19 heavy (non-hydrogen) atoms. The summed E-state index contributed by atoms with van der Waals surface area (Å²) >= 11 is 5.97. The van der Waals surface area contributed by atoms with Crippen molar-refractivity contribution in [3.63, 3.8) is 0 Å². The SMILES string of the molecule is COc1ccc(Cl)cc1CC(=O)CC1(CN)CCC1. The van der Waals surface area contributed by atoms with Crippen LogP contribution in [-0.4, -0.2) is 19.4 Å². The number of hydrogen-bond donors (Lipinski definition) is 1. The second-order valence-corrected chi connectivity index (χ2v) is 5.84. The van der Waals surface area contributed by atoms with Crippen molar-refractivity contribution in [1.82, 2.24) is 0 Å². The number of hydrogen-bond acceptors (Lipinski definition) is 3. The molecule has 4 heteroatoms. The molecule has 1 aromatic carbocycles. The molecule has 0 radical (unpaired) electrons. The zero-order valence-corrected chi connectivity index (χ0v) is 12.0. The molecule has 0 aliphatic heterocycles. The lowest BCUT2D eigenvalue weighted by molar-refractivity contribution is -0.122. The number of ether oxygens (including phenoxy) is 1. The molecule has 1 aromatic rings. The molecule has 0 saturated heterocycles. The van der Waals surface area contributed by atoms with Gasteiger partial charge in [-0.2, -0.15) is 0 Å². The first-order valence-corrected chi connectivity index (χ1v) is 7.00. The van der Waals surface area contributed by atoms with Gasteiger partial charge in [0, 0.05) is 23.4 Å². The molecule has 2 rings (SSSR count). The van der Waals surface area contributed by atoms with Crippen LogP contribution in [0.5, 0.6) is 5.75 Å². The van der Waals surface area contributed by atoms with Gasteiger partial charge < -0.3 is 10.5 Å². The quantitative estimate of drug-likeness (QED) is 0.872. The zero-order chi connectivity index (χ0) is 13.9. The monoisotopic (exact) mass is 281 g/mol. The summed E-state index contributed by atoms with van der Waals surface area (Å²) in [7, 11) is 1.60. The third-order valence-corrected chi connectivity index (χ3v) is 4.28. The second kappa shape index (κ2) is 5.93. The van der Waals surface area contributed by atoms with Crippen LogP contribution in [0.25, 0.3) is 0 Å². The number of carbonyl (C=O) groups excluding carboxylic acids is 1. The first-order valence-electron chi connectivity index (χ1n) is 6.63. The highest BCUT2D eigenvalue weighted by Crippen LogP contribution is 2.43. The smallest absolute Gasteiger partial charge is 0.138 e. The van der Waals surface area contributed by atoms with E-state index in [0.717, 1.165) is 18.4 Å². The van der Waals surface area contributed by atoms with E-state index in [1.165, 1.54) is 6.42 Å². The van der Waals surface area contributed by atoms with Gasteiger partial charge in [0.1, 0.15) is 11.5 Å². The fourth-order valence-electron chi connectivity index (χ4n) is 2.71. The van der Waals surface area contributed by atoms with Crippen molar-refractivity contribution in [3.05, 3.63) is 28.8 Å². The molecule has 0 unspecified atom stereocenters. The summed E-state index contributed by atoms with van der Waals surface area (Å²) in [6, 6.07) is 5.36. The molecule has 0 spiro atoms. The molecule has 0 aromatic heterocycles. The standard InChI is InChI=1S/C15H20ClNO2/c1-19-14-4-3-12(16)7-11(14)8-13(18)9-15(10-17)5-2-6-15/h3-4,7H,2,5-6,8-10,17H2,1H3. The van der Waals surface area contributed by atoms with E-state index in [9.17, 15) is 4.79 Å². The summed E-state index contributed by atoms with van der Waals surface area (Å²) in [5.41, 5.74) is 6.70. The molecule has 2 N–H and O–H groups in total. The molecular formula is C15H20ClNO2. The van der Waals surface area contributed by atoms with Gasteiger partial charge >= 0.3 is 0 Å². The van der Waals surface area contributed by atoms with E-state index in [1.54, 1.807) is 25.3 Å². The maximum Gasteiger partial charge on any atom is 0.138 e. The molecular weight excluding hydrogens is 262 g/mol. The van der Waals surface area contributed by atoms with Gasteiger partial charge in [-0.25, -0.2) is 0 Å². The highest BCUT2D eigenvalue weighted by atomic mass is 35.5. The minimum atomic E-state index is 0.0584. The Morgan fingerprint density at radius 3 is 2.74 bits per heavy atom. The Balaban J connectivity index is 2.04. The highest BCUT2D eigenvalue weighted by Gasteiger charge is 2.37. The van der Waals surface area contributed by atoms with Crippen molar-refractivity contribution in [2.75, 3.05) is 13.7 Å². The number of ketones is 1. The van der Waals surface area contributed by atoms with Gasteiger partial charge in [0.05, 0.1) is 7.11 Å². The van der Waals surface area contributed by atoms with Crippen LogP contribution in [0.1, 0.15) is 31.2 Å². The van der Waals surface area contributed by atoms with Crippen molar-refractivity contribution in [3.8, 4) is 5.75 Å². The summed E-state index contributed by atoms with van der Waals surface area (Å²) in [5.74, 6) is 0.930. The van der Waals surface area contributed by atoms with Gasteiger partial charge in [-0.3, -0.25) is 4.79 Å². The molecule has 1 aliphatic carbocycles. The Labute approximate surface area is 119 Å². The van der Waals surface area contributed by atoms with Crippen LogP contribution >= 0.6 is 11.6 Å². The first-order chi connectivity index (χ1) is 9.08. The molecule has 0 amide bonds. The van der Waals surface area contributed by atoms with Gasteiger partial charge in [-0.1, -0.05) is 18.0 Å². The van der Waals surface area contributed by atoms with Crippen LogP contribution in [0.4, 0.5) is 0 Å². The molecule has 0 heterocycles. The molecule has 104 valence electrons. The van der Waals surface area contributed by atoms with E-state index in [2.05, 4.69) is 0 Å². The Hall–Kier alpha value is -1.06. The Morgan fingerprint density at radius 1 is 1.47 bits per heavy atom. The predicted molar refractivity (Wildman–Crippen MR) is 76.7 cm³/mol. The van der Waals surface area contributed by atoms with Crippen LogP contribution in [0, 0.1) is 5.41 Å². The molecule has 0 atom stereocenters. The largest absolute Gasteiger partial charge is 0.496 e. The molecule has 0 bridgehead atoms. The molecule has 1 aliphatic rings. The lowest BCUT2D eigenvalue weighted by Crippen LogP contribution is -2.39. The van der Waals surface area contributed by atoms with Crippen molar-refractivity contribution < 1.29 is 9.53 Å². The predicted octanol–water partition coefficient (Wildman–Crippen LogP) is 2.98. The van der Waals surface area contributed by atoms with Crippen molar-refractivity contribution in [2.45, 2.75) is 32.1 Å². The lowest BCUT2D eigenvalue weighted by atomic mass is 9.65. The number of carbonyl (C=O) groups is 1. The second-order valence-electron chi connectivity index (χ2n) is 5.41. The van der Waals surface area contributed by atoms with E-state index in [1.807, 2.05) is 0 Å². The maximum atomic E-state index is 12.2. The van der Waals surface area contributed by atoms with Crippen LogP contribution in [0.3, 0.4) is 0 Å².